The fourth-order valence-corrected chi connectivity index (χ4v) is 2.00. The molecule has 0 aliphatic carbocycles. The van der Waals surface area contributed by atoms with Gasteiger partial charge in [-0.25, -0.2) is 4.98 Å². The molecule has 0 fully saturated rings. The maximum atomic E-state index is 11.9. The summed E-state index contributed by atoms with van der Waals surface area (Å²) < 4.78 is 6.32. The summed E-state index contributed by atoms with van der Waals surface area (Å²) in [4.78, 5) is 16.0. The number of carbonyl (C=O) groups excluding carboxylic acids is 1. The molecule has 0 aliphatic heterocycles. The van der Waals surface area contributed by atoms with Gasteiger partial charge in [0.1, 0.15) is 5.76 Å². The van der Waals surface area contributed by atoms with Crippen LogP contribution in [0.2, 0.25) is 5.02 Å². The number of nitrogens with zero attached hydrogens (tertiary/aromatic N) is 1. The van der Waals surface area contributed by atoms with E-state index in [-0.39, 0.29) is 12.5 Å². The summed E-state index contributed by atoms with van der Waals surface area (Å²) in [7, 11) is 0. The van der Waals surface area contributed by atoms with Crippen molar-refractivity contribution in [1.82, 2.24) is 10.3 Å². The van der Waals surface area contributed by atoms with E-state index in [2.05, 4.69) is 32.9 Å². The lowest BCUT2D eigenvalue weighted by molar-refractivity contribution is 0.0947. The van der Waals surface area contributed by atoms with Crippen molar-refractivity contribution in [1.29, 1.82) is 0 Å². The molecule has 0 saturated carbocycles. The van der Waals surface area contributed by atoms with Crippen LogP contribution in [0.3, 0.4) is 0 Å². The van der Waals surface area contributed by atoms with Gasteiger partial charge in [0.2, 0.25) is 5.89 Å². The summed E-state index contributed by atoms with van der Waals surface area (Å²) in [6, 6.07) is 5.18. The molecule has 0 spiro atoms. The topological polar surface area (TPSA) is 55.1 Å². The third-order valence-corrected chi connectivity index (χ3v) is 4.10. The zero-order valence-electron chi connectivity index (χ0n) is 10.2. The number of hydrogen-bond donors (Lipinski definition) is 1. The molecule has 1 N–H and O–H groups in total. The SMILES string of the molecule is CCc1cnc(CNC(=O)c2ccc(I)c(Cl)c2)o1. The third kappa shape index (κ3) is 3.70. The van der Waals surface area contributed by atoms with Gasteiger partial charge in [-0.2, -0.15) is 0 Å². The first kappa shape index (κ1) is 14.3. The van der Waals surface area contributed by atoms with Crippen LogP contribution in [0.1, 0.15) is 28.9 Å². The predicted octanol–water partition coefficient (Wildman–Crippen LogP) is 3.43. The Morgan fingerprint density at radius 2 is 2.32 bits per heavy atom. The summed E-state index contributed by atoms with van der Waals surface area (Å²) in [5.41, 5.74) is 0.521. The van der Waals surface area contributed by atoms with Crippen LogP contribution in [0, 0.1) is 3.57 Å². The van der Waals surface area contributed by atoms with E-state index in [0.717, 1.165) is 15.8 Å². The van der Waals surface area contributed by atoms with E-state index in [1.54, 1.807) is 24.4 Å². The number of aryl methyl sites for hydroxylation is 1. The normalized spacial score (nSPS) is 10.5. The van der Waals surface area contributed by atoms with E-state index in [1.807, 2.05) is 6.92 Å². The Balaban J connectivity index is 1.99. The van der Waals surface area contributed by atoms with Crippen LogP contribution in [0.4, 0.5) is 0 Å². The summed E-state index contributed by atoms with van der Waals surface area (Å²) in [5.74, 6) is 1.11. The highest BCUT2D eigenvalue weighted by Crippen LogP contribution is 2.19. The van der Waals surface area contributed by atoms with Crippen LogP contribution >= 0.6 is 34.2 Å². The van der Waals surface area contributed by atoms with Gasteiger partial charge in [0.05, 0.1) is 17.8 Å². The Hall–Kier alpha value is -1.08. The van der Waals surface area contributed by atoms with Crippen molar-refractivity contribution in [2.75, 3.05) is 0 Å². The van der Waals surface area contributed by atoms with Gasteiger partial charge in [0, 0.05) is 15.6 Å². The largest absolute Gasteiger partial charge is 0.444 e. The molecule has 2 rings (SSSR count). The minimum atomic E-state index is -0.199. The average molecular weight is 391 g/mol. The lowest BCUT2D eigenvalue weighted by Gasteiger charge is -2.04. The fourth-order valence-electron chi connectivity index (χ4n) is 1.49. The highest BCUT2D eigenvalue weighted by molar-refractivity contribution is 14.1. The predicted molar refractivity (Wildman–Crippen MR) is 81.2 cm³/mol. The zero-order valence-corrected chi connectivity index (χ0v) is 13.2. The van der Waals surface area contributed by atoms with E-state index in [0.29, 0.717) is 16.5 Å². The van der Waals surface area contributed by atoms with Gasteiger partial charge in [0.15, 0.2) is 0 Å². The van der Waals surface area contributed by atoms with Gasteiger partial charge in [0.25, 0.3) is 5.91 Å². The molecule has 1 heterocycles. The van der Waals surface area contributed by atoms with Gasteiger partial charge in [-0.05, 0) is 40.8 Å². The maximum Gasteiger partial charge on any atom is 0.251 e. The lowest BCUT2D eigenvalue weighted by atomic mass is 10.2. The number of rotatable bonds is 4. The summed E-state index contributed by atoms with van der Waals surface area (Å²) >= 11 is 8.09. The van der Waals surface area contributed by atoms with Crippen molar-refractivity contribution in [3.8, 4) is 0 Å². The number of aromatic nitrogens is 1. The quantitative estimate of drug-likeness (QED) is 0.814. The number of amides is 1. The fraction of sp³-hybridized carbons (Fsp3) is 0.231. The van der Waals surface area contributed by atoms with Gasteiger partial charge in [-0.15, -0.1) is 0 Å². The summed E-state index contributed by atoms with van der Waals surface area (Å²) in [5, 5.41) is 3.31. The van der Waals surface area contributed by atoms with E-state index in [4.69, 9.17) is 16.0 Å². The molecule has 0 radical (unpaired) electrons. The molecule has 0 bridgehead atoms. The first-order valence-corrected chi connectivity index (χ1v) is 7.22. The van der Waals surface area contributed by atoms with Crippen LogP contribution in [0.15, 0.2) is 28.8 Å². The van der Waals surface area contributed by atoms with Gasteiger partial charge >= 0.3 is 0 Å². The molecule has 1 aromatic heterocycles. The molecule has 100 valence electrons. The minimum Gasteiger partial charge on any atom is -0.444 e. The lowest BCUT2D eigenvalue weighted by Crippen LogP contribution is -2.22. The second-order valence-electron chi connectivity index (χ2n) is 3.89. The van der Waals surface area contributed by atoms with Crippen LogP contribution in [0.25, 0.3) is 0 Å². The van der Waals surface area contributed by atoms with Gasteiger partial charge < -0.3 is 9.73 Å². The Morgan fingerprint density at radius 3 is 2.95 bits per heavy atom. The minimum absolute atomic E-state index is 0.199. The molecule has 1 aromatic carbocycles. The average Bonchev–Trinajstić information content (AvgIpc) is 2.87. The number of halogens is 2. The van der Waals surface area contributed by atoms with Crippen molar-refractivity contribution in [2.45, 2.75) is 19.9 Å². The highest BCUT2D eigenvalue weighted by atomic mass is 127. The molecule has 0 atom stereocenters. The molecule has 19 heavy (non-hydrogen) atoms. The smallest absolute Gasteiger partial charge is 0.251 e. The number of benzene rings is 1. The third-order valence-electron chi connectivity index (χ3n) is 2.53. The molecule has 2 aromatic rings. The summed E-state index contributed by atoms with van der Waals surface area (Å²) in [6.45, 7) is 2.25. The molecule has 0 aliphatic rings. The highest BCUT2D eigenvalue weighted by Gasteiger charge is 2.09. The van der Waals surface area contributed by atoms with Crippen LogP contribution < -0.4 is 5.32 Å². The monoisotopic (exact) mass is 390 g/mol. The molecular formula is C13H12ClIN2O2. The molecule has 0 saturated heterocycles. The Bertz CT molecular complexity index is 598. The zero-order chi connectivity index (χ0) is 13.8. The molecule has 6 heteroatoms. The van der Waals surface area contributed by atoms with E-state index < -0.39 is 0 Å². The number of hydrogen-bond acceptors (Lipinski definition) is 3. The molecule has 0 unspecified atom stereocenters. The van der Waals surface area contributed by atoms with Gasteiger partial charge in [-0.1, -0.05) is 18.5 Å². The van der Waals surface area contributed by atoms with Crippen molar-refractivity contribution in [2.24, 2.45) is 0 Å². The maximum absolute atomic E-state index is 11.9. The van der Waals surface area contributed by atoms with Crippen molar-refractivity contribution < 1.29 is 9.21 Å². The number of oxazole rings is 1. The standard InChI is InChI=1S/C13H12ClIN2O2/c1-2-9-6-16-12(19-9)7-17-13(18)8-3-4-11(15)10(14)5-8/h3-6H,2,7H2,1H3,(H,17,18). The Kier molecular flexibility index (Phi) is 4.81. The van der Waals surface area contributed by atoms with Crippen LogP contribution in [0.5, 0.6) is 0 Å². The van der Waals surface area contributed by atoms with E-state index in [1.165, 1.54) is 0 Å². The van der Waals surface area contributed by atoms with E-state index >= 15 is 0 Å². The molecule has 1 amide bonds. The molecular weight excluding hydrogens is 379 g/mol. The Labute approximate surface area is 129 Å². The number of carbonyl (C=O) groups is 1. The van der Waals surface area contributed by atoms with Crippen molar-refractivity contribution in [3.05, 3.63) is 50.2 Å². The Morgan fingerprint density at radius 1 is 1.53 bits per heavy atom. The second kappa shape index (κ2) is 6.38. The van der Waals surface area contributed by atoms with Crippen LogP contribution in [-0.2, 0) is 13.0 Å². The van der Waals surface area contributed by atoms with Gasteiger partial charge in [-0.3, -0.25) is 4.79 Å². The van der Waals surface area contributed by atoms with Crippen molar-refractivity contribution in [3.63, 3.8) is 0 Å². The number of nitrogens with one attached hydrogen (secondary N) is 1. The van der Waals surface area contributed by atoms with E-state index in [9.17, 15) is 4.79 Å². The first-order valence-electron chi connectivity index (χ1n) is 5.77. The molecule has 4 nitrogen and oxygen atoms in total. The van der Waals surface area contributed by atoms with Crippen LogP contribution in [-0.4, -0.2) is 10.9 Å². The second-order valence-corrected chi connectivity index (χ2v) is 5.45. The first-order chi connectivity index (χ1) is 9.10. The summed E-state index contributed by atoms with van der Waals surface area (Å²) in [6.07, 6.45) is 2.46. The van der Waals surface area contributed by atoms with Crippen molar-refractivity contribution >= 4 is 40.1 Å².